The van der Waals surface area contributed by atoms with Crippen molar-refractivity contribution in [3.05, 3.63) is 50.8 Å². The van der Waals surface area contributed by atoms with Crippen molar-refractivity contribution >= 4 is 22.8 Å². The molecule has 2 aromatic rings. The van der Waals surface area contributed by atoms with Gasteiger partial charge in [-0.25, -0.2) is 4.98 Å². The van der Waals surface area contributed by atoms with Crippen LogP contribution in [-0.4, -0.2) is 21.6 Å². The highest BCUT2D eigenvalue weighted by Gasteiger charge is 2.13. The van der Waals surface area contributed by atoms with Gasteiger partial charge in [0.1, 0.15) is 12.0 Å². The van der Waals surface area contributed by atoms with Crippen LogP contribution in [0.5, 0.6) is 0 Å². The van der Waals surface area contributed by atoms with Crippen molar-refractivity contribution in [3.63, 3.8) is 0 Å². The molecule has 0 aromatic carbocycles. The monoisotopic (exact) mass is 279 g/mol. The molecule has 2 heterocycles. The number of aliphatic hydroxyl groups excluding tert-OH is 1. The van der Waals surface area contributed by atoms with E-state index in [2.05, 4.69) is 10.3 Å². The van der Waals surface area contributed by atoms with E-state index < -0.39 is 4.92 Å². The van der Waals surface area contributed by atoms with E-state index >= 15 is 0 Å². The van der Waals surface area contributed by atoms with Gasteiger partial charge in [0.15, 0.2) is 0 Å². The van der Waals surface area contributed by atoms with Gasteiger partial charge in [-0.3, -0.25) is 10.1 Å². The summed E-state index contributed by atoms with van der Waals surface area (Å²) in [6.45, 7) is 0.0581. The molecule has 7 heteroatoms. The Labute approximate surface area is 113 Å². The molecule has 2 N–H and O–H groups in total. The average Bonchev–Trinajstić information content (AvgIpc) is 2.92. The molecule has 0 bridgehead atoms. The number of nitrogens with zero attached hydrogens (tertiary/aromatic N) is 2. The van der Waals surface area contributed by atoms with E-state index in [1.165, 1.54) is 12.3 Å². The van der Waals surface area contributed by atoms with E-state index in [1.807, 2.05) is 17.5 Å². The van der Waals surface area contributed by atoms with Gasteiger partial charge < -0.3 is 10.4 Å². The van der Waals surface area contributed by atoms with Crippen molar-refractivity contribution in [3.8, 4) is 0 Å². The normalized spacial score (nSPS) is 12.1. The Hall–Kier alpha value is -1.99. The minimum atomic E-state index is -0.485. The Morgan fingerprint density at radius 3 is 2.84 bits per heavy atom. The van der Waals surface area contributed by atoms with Crippen LogP contribution in [0.3, 0.4) is 0 Å². The second kappa shape index (κ2) is 6.26. The fraction of sp³-hybridized carbons (Fsp3) is 0.250. The Bertz CT molecular complexity index is 528. The first kappa shape index (κ1) is 13.4. The molecule has 0 aliphatic carbocycles. The molecule has 2 rings (SSSR count). The van der Waals surface area contributed by atoms with Gasteiger partial charge in [0.25, 0.3) is 5.69 Å². The molecule has 0 saturated carbocycles. The summed E-state index contributed by atoms with van der Waals surface area (Å²) in [6, 6.07) is 6.84. The molecule has 0 saturated heterocycles. The average molecular weight is 279 g/mol. The Morgan fingerprint density at radius 1 is 1.47 bits per heavy atom. The van der Waals surface area contributed by atoms with Gasteiger partial charge in [0.05, 0.1) is 11.0 Å². The molecular weight excluding hydrogens is 266 g/mol. The van der Waals surface area contributed by atoms with E-state index in [0.717, 1.165) is 4.88 Å². The van der Waals surface area contributed by atoms with E-state index in [9.17, 15) is 10.1 Å². The molecule has 0 radical (unpaired) electrons. The predicted octanol–water partition coefficient (Wildman–Crippen LogP) is 2.59. The van der Waals surface area contributed by atoms with E-state index in [1.54, 1.807) is 17.4 Å². The molecular formula is C12H13N3O3S. The summed E-state index contributed by atoms with van der Waals surface area (Å²) in [5.41, 5.74) is -0.0413. The van der Waals surface area contributed by atoms with Crippen LogP contribution < -0.4 is 5.32 Å². The van der Waals surface area contributed by atoms with Crippen LogP contribution in [-0.2, 0) is 0 Å². The van der Waals surface area contributed by atoms with Crippen LogP contribution in [0.2, 0.25) is 0 Å². The first-order chi connectivity index (χ1) is 9.20. The molecule has 0 amide bonds. The lowest BCUT2D eigenvalue weighted by molar-refractivity contribution is -0.385. The van der Waals surface area contributed by atoms with Crippen molar-refractivity contribution in [2.75, 3.05) is 11.9 Å². The number of thiophene rings is 1. The lowest BCUT2D eigenvalue weighted by Gasteiger charge is -2.16. The number of hydrogen-bond donors (Lipinski definition) is 2. The molecule has 0 fully saturated rings. The van der Waals surface area contributed by atoms with Crippen molar-refractivity contribution in [1.82, 2.24) is 4.98 Å². The van der Waals surface area contributed by atoms with Crippen molar-refractivity contribution in [2.24, 2.45) is 0 Å². The highest BCUT2D eigenvalue weighted by molar-refractivity contribution is 7.10. The molecule has 2 aromatic heterocycles. The minimum Gasteiger partial charge on any atom is -0.396 e. The Kier molecular flexibility index (Phi) is 4.43. The first-order valence-electron chi connectivity index (χ1n) is 5.72. The minimum absolute atomic E-state index is 0.0413. The summed E-state index contributed by atoms with van der Waals surface area (Å²) in [4.78, 5) is 15.1. The number of hydrogen-bond acceptors (Lipinski definition) is 6. The summed E-state index contributed by atoms with van der Waals surface area (Å²) in [7, 11) is 0. The van der Waals surface area contributed by atoms with Gasteiger partial charge in [-0.2, -0.15) is 0 Å². The van der Waals surface area contributed by atoms with Crippen molar-refractivity contribution in [1.29, 1.82) is 0 Å². The maximum absolute atomic E-state index is 10.5. The van der Waals surface area contributed by atoms with Crippen LogP contribution in [0.4, 0.5) is 11.5 Å². The highest BCUT2D eigenvalue weighted by Crippen LogP contribution is 2.25. The van der Waals surface area contributed by atoms with Crippen LogP contribution in [0, 0.1) is 10.1 Å². The fourth-order valence-electron chi connectivity index (χ4n) is 1.66. The largest absolute Gasteiger partial charge is 0.396 e. The lowest BCUT2D eigenvalue weighted by Crippen LogP contribution is -2.12. The van der Waals surface area contributed by atoms with Gasteiger partial charge in [0.2, 0.25) is 0 Å². The van der Waals surface area contributed by atoms with Gasteiger partial charge in [-0.05, 0) is 23.9 Å². The summed E-state index contributed by atoms with van der Waals surface area (Å²) in [5, 5.41) is 24.8. The molecule has 100 valence electrons. The van der Waals surface area contributed by atoms with E-state index in [0.29, 0.717) is 12.2 Å². The van der Waals surface area contributed by atoms with Crippen molar-refractivity contribution < 1.29 is 10.0 Å². The zero-order valence-electron chi connectivity index (χ0n) is 10.0. The number of anilines is 1. The summed E-state index contributed by atoms with van der Waals surface area (Å²) in [6.07, 6.45) is 1.77. The van der Waals surface area contributed by atoms with E-state index in [4.69, 9.17) is 5.11 Å². The molecule has 19 heavy (non-hydrogen) atoms. The van der Waals surface area contributed by atoms with Gasteiger partial charge in [-0.15, -0.1) is 11.3 Å². The topological polar surface area (TPSA) is 88.3 Å². The third-order valence-electron chi connectivity index (χ3n) is 2.59. The lowest BCUT2D eigenvalue weighted by atomic mass is 10.2. The SMILES string of the molecule is O=[N+]([O-])c1ccc(NC(CCO)c2cccs2)nc1. The quantitative estimate of drug-likeness (QED) is 0.626. The number of rotatable bonds is 6. The molecule has 1 unspecified atom stereocenters. The van der Waals surface area contributed by atoms with Gasteiger partial charge in [-0.1, -0.05) is 6.07 Å². The fourth-order valence-corrected chi connectivity index (χ4v) is 2.47. The summed E-state index contributed by atoms with van der Waals surface area (Å²) < 4.78 is 0. The third kappa shape index (κ3) is 3.49. The Morgan fingerprint density at radius 2 is 2.32 bits per heavy atom. The number of aromatic nitrogens is 1. The maximum atomic E-state index is 10.5. The standard InChI is InChI=1S/C12H13N3O3S/c16-6-5-10(11-2-1-7-19-11)14-12-4-3-9(8-13-12)15(17)18/h1-4,7-8,10,16H,5-6H2,(H,13,14). The molecule has 6 nitrogen and oxygen atoms in total. The van der Waals surface area contributed by atoms with Crippen LogP contribution in [0.25, 0.3) is 0 Å². The first-order valence-corrected chi connectivity index (χ1v) is 6.60. The van der Waals surface area contributed by atoms with Crippen LogP contribution >= 0.6 is 11.3 Å². The maximum Gasteiger partial charge on any atom is 0.287 e. The zero-order chi connectivity index (χ0) is 13.7. The van der Waals surface area contributed by atoms with Gasteiger partial charge >= 0.3 is 0 Å². The number of nitro groups is 1. The van der Waals surface area contributed by atoms with Crippen LogP contribution in [0.15, 0.2) is 35.8 Å². The zero-order valence-corrected chi connectivity index (χ0v) is 10.8. The second-order valence-corrected chi connectivity index (χ2v) is 4.86. The van der Waals surface area contributed by atoms with Crippen molar-refractivity contribution in [2.45, 2.75) is 12.5 Å². The van der Waals surface area contributed by atoms with E-state index in [-0.39, 0.29) is 18.3 Å². The third-order valence-corrected chi connectivity index (χ3v) is 3.57. The predicted molar refractivity (Wildman–Crippen MR) is 73.3 cm³/mol. The number of nitrogens with one attached hydrogen (secondary N) is 1. The number of pyridine rings is 1. The number of aliphatic hydroxyl groups is 1. The smallest absolute Gasteiger partial charge is 0.287 e. The van der Waals surface area contributed by atoms with Crippen LogP contribution in [0.1, 0.15) is 17.3 Å². The molecule has 1 atom stereocenters. The highest BCUT2D eigenvalue weighted by atomic mass is 32.1. The molecule has 0 spiro atoms. The second-order valence-electron chi connectivity index (χ2n) is 3.88. The summed E-state index contributed by atoms with van der Waals surface area (Å²) in [5.74, 6) is 0.553. The molecule has 0 aliphatic heterocycles. The summed E-state index contributed by atoms with van der Waals surface area (Å²) >= 11 is 1.59. The molecule has 0 aliphatic rings. The van der Waals surface area contributed by atoms with Gasteiger partial charge in [0, 0.05) is 17.6 Å². The Balaban J connectivity index is 2.11.